The lowest BCUT2D eigenvalue weighted by atomic mass is 10.2. The molecule has 4 N–H and O–H groups in total. The van der Waals surface area contributed by atoms with Gasteiger partial charge in [-0.1, -0.05) is 19.4 Å². The molecule has 0 spiro atoms. The van der Waals surface area contributed by atoms with Gasteiger partial charge >= 0.3 is 5.69 Å². The molecule has 2 aromatic heterocycles. The topological polar surface area (TPSA) is 131 Å². The fourth-order valence-electron chi connectivity index (χ4n) is 3.46. The first-order valence-electron chi connectivity index (χ1n) is 9.10. The molecule has 3 rings (SSSR count). The predicted molar refractivity (Wildman–Crippen MR) is 102 cm³/mol. The fraction of sp³-hybridized carbons (Fsp3) is 0.588. The van der Waals surface area contributed by atoms with Crippen molar-refractivity contribution in [3.63, 3.8) is 0 Å². The van der Waals surface area contributed by atoms with E-state index in [4.69, 9.17) is 10.5 Å². The SMILES string of the molecule is C=CCn1c(=O)n([C@H]2CN(CCCC)C[C@@H](CO)O2)c2nc(N)[nH]c(=O)c21. The van der Waals surface area contributed by atoms with Crippen LogP contribution in [0.4, 0.5) is 5.95 Å². The van der Waals surface area contributed by atoms with Crippen molar-refractivity contribution in [1.82, 2.24) is 24.0 Å². The molecule has 3 heterocycles. The van der Waals surface area contributed by atoms with Crippen LogP contribution in [-0.2, 0) is 11.3 Å². The number of unbranched alkanes of at least 4 members (excludes halogenated alkanes) is 1. The predicted octanol–water partition coefficient (Wildman–Crippen LogP) is -0.354. The van der Waals surface area contributed by atoms with Crippen molar-refractivity contribution >= 4 is 17.1 Å². The molecule has 1 fully saturated rings. The number of allylic oxidation sites excluding steroid dienone is 1. The number of nitrogens with one attached hydrogen (secondary N) is 1. The first-order chi connectivity index (χ1) is 13.0. The molecule has 2 atom stereocenters. The lowest BCUT2D eigenvalue weighted by Crippen LogP contribution is -2.49. The number of anilines is 1. The van der Waals surface area contributed by atoms with Crippen LogP contribution in [0.2, 0.25) is 0 Å². The van der Waals surface area contributed by atoms with E-state index in [1.807, 2.05) is 0 Å². The van der Waals surface area contributed by atoms with Crippen molar-refractivity contribution < 1.29 is 9.84 Å². The second-order valence-corrected chi connectivity index (χ2v) is 6.68. The highest BCUT2D eigenvalue weighted by molar-refractivity contribution is 5.71. The van der Waals surface area contributed by atoms with Gasteiger partial charge in [-0.2, -0.15) is 4.98 Å². The van der Waals surface area contributed by atoms with Gasteiger partial charge in [0.05, 0.1) is 12.7 Å². The van der Waals surface area contributed by atoms with Crippen molar-refractivity contribution in [3.05, 3.63) is 33.5 Å². The average molecular weight is 378 g/mol. The third-order valence-corrected chi connectivity index (χ3v) is 4.69. The van der Waals surface area contributed by atoms with E-state index in [-0.39, 0.29) is 30.3 Å². The number of rotatable bonds is 7. The molecule has 0 saturated carbocycles. The number of nitrogens with zero attached hydrogens (tertiary/aromatic N) is 4. The number of imidazole rings is 1. The summed E-state index contributed by atoms with van der Waals surface area (Å²) in [6.07, 6.45) is 2.47. The Bertz CT molecular complexity index is 930. The normalized spacial score (nSPS) is 21.0. The lowest BCUT2D eigenvalue weighted by molar-refractivity contribution is -0.134. The molecule has 0 radical (unpaired) electrons. The number of nitrogen functional groups attached to an aromatic ring is 1. The van der Waals surface area contributed by atoms with E-state index in [2.05, 4.69) is 28.4 Å². The maximum atomic E-state index is 13.0. The Morgan fingerprint density at radius 2 is 2.22 bits per heavy atom. The molecule has 0 bridgehead atoms. The van der Waals surface area contributed by atoms with Gasteiger partial charge in [0.2, 0.25) is 5.95 Å². The summed E-state index contributed by atoms with van der Waals surface area (Å²) in [4.78, 5) is 34.2. The zero-order valence-electron chi connectivity index (χ0n) is 15.4. The van der Waals surface area contributed by atoms with Crippen molar-refractivity contribution in [2.75, 3.05) is 32.0 Å². The Hall–Kier alpha value is -2.43. The van der Waals surface area contributed by atoms with Crippen molar-refractivity contribution in [2.24, 2.45) is 0 Å². The lowest BCUT2D eigenvalue weighted by Gasteiger charge is -2.37. The van der Waals surface area contributed by atoms with Crippen molar-refractivity contribution in [2.45, 2.75) is 38.6 Å². The number of aromatic nitrogens is 4. The minimum absolute atomic E-state index is 0.0747. The maximum absolute atomic E-state index is 13.0. The standard InChI is InChI=1S/C17H26N6O4/c1-3-5-7-21-8-11(10-24)27-12(9-21)23-14-13(15(25)20-16(18)19-14)22(6-4-2)17(23)26/h4,11-12,24H,2-3,5-10H2,1H3,(H3,18,19,20,25)/t11-,12+/m0/s1. The molecule has 1 aliphatic rings. The van der Waals surface area contributed by atoms with Gasteiger partial charge < -0.3 is 15.6 Å². The molecule has 27 heavy (non-hydrogen) atoms. The molecule has 0 amide bonds. The summed E-state index contributed by atoms with van der Waals surface area (Å²) >= 11 is 0. The first-order valence-corrected chi connectivity index (χ1v) is 9.10. The van der Waals surface area contributed by atoms with Gasteiger partial charge in [-0.25, -0.2) is 9.36 Å². The molecule has 10 nitrogen and oxygen atoms in total. The monoisotopic (exact) mass is 378 g/mol. The summed E-state index contributed by atoms with van der Waals surface area (Å²) < 4.78 is 8.58. The number of fused-ring (bicyclic) bond motifs is 1. The van der Waals surface area contributed by atoms with Crippen LogP contribution in [0.5, 0.6) is 0 Å². The van der Waals surface area contributed by atoms with E-state index < -0.39 is 23.6 Å². The average Bonchev–Trinajstić information content (AvgIpc) is 2.91. The highest BCUT2D eigenvalue weighted by atomic mass is 16.5. The zero-order chi connectivity index (χ0) is 19.6. The highest BCUT2D eigenvalue weighted by Gasteiger charge is 2.32. The molecule has 0 aliphatic carbocycles. The molecule has 10 heteroatoms. The number of morpholine rings is 1. The zero-order valence-corrected chi connectivity index (χ0v) is 15.4. The van der Waals surface area contributed by atoms with Crippen LogP contribution in [0.3, 0.4) is 0 Å². The number of aromatic amines is 1. The Labute approximate surface area is 155 Å². The third-order valence-electron chi connectivity index (χ3n) is 4.69. The number of hydrogen-bond donors (Lipinski definition) is 3. The van der Waals surface area contributed by atoms with Crippen LogP contribution in [0.15, 0.2) is 22.2 Å². The number of H-pyrrole nitrogens is 1. The Morgan fingerprint density at radius 1 is 1.44 bits per heavy atom. The van der Waals surface area contributed by atoms with E-state index in [0.29, 0.717) is 13.1 Å². The fourth-order valence-corrected chi connectivity index (χ4v) is 3.46. The van der Waals surface area contributed by atoms with Crippen molar-refractivity contribution in [1.29, 1.82) is 0 Å². The van der Waals surface area contributed by atoms with Crippen LogP contribution < -0.4 is 17.0 Å². The summed E-state index contributed by atoms with van der Waals surface area (Å²) in [5.74, 6) is -0.0747. The molecule has 1 saturated heterocycles. The molecular formula is C17H26N6O4. The largest absolute Gasteiger partial charge is 0.394 e. The Balaban J connectivity index is 2.12. The van der Waals surface area contributed by atoms with E-state index >= 15 is 0 Å². The third kappa shape index (κ3) is 3.68. The summed E-state index contributed by atoms with van der Waals surface area (Å²) in [5.41, 5.74) is 5.08. The van der Waals surface area contributed by atoms with E-state index in [9.17, 15) is 14.7 Å². The molecular weight excluding hydrogens is 352 g/mol. The highest BCUT2D eigenvalue weighted by Crippen LogP contribution is 2.22. The number of aliphatic hydroxyl groups excluding tert-OH is 1. The second-order valence-electron chi connectivity index (χ2n) is 6.68. The van der Waals surface area contributed by atoms with E-state index in [0.717, 1.165) is 19.4 Å². The summed E-state index contributed by atoms with van der Waals surface area (Å²) in [5, 5.41) is 9.61. The van der Waals surface area contributed by atoms with Gasteiger partial charge in [0.25, 0.3) is 5.56 Å². The maximum Gasteiger partial charge on any atom is 0.332 e. The van der Waals surface area contributed by atoms with E-state index in [1.165, 1.54) is 15.2 Å². The van der Waals surface area contributed by atoms with Crippen LogP contribution in [0, 0.1) is 0 Å². The second kappa shape index (κ2) is 8.07. The summed E-state index contributed by atoms with van der Waals surface area (Å²) in [6, 6.07) is 0. The summed E-state index contributed by atoms with van der Waals surface area (Å²) in [6.45, 7) is 7.63. The van der Waals surface area contributed by atoms with Crippen LogP contribution >= 0.6 is 0 Å². The molecule has 0 aromatic carbocycles. The minimum atomic E-state index is -0.678. The van der Waals surface area contributed by atoms with Crippen LogP contribution in [-0.4, -0.2) is 61.5 Å². The van der Waals surface area contributed by atoms with Crippen LogP contribution in [0.25, 0.3) is 11.2 Å². The number of hydrogen-bond acceptors (Lipinski definition) is 7. The number of nitrogens with two attached hydrogens (primary N) is 1. The van der Waals surface area contributed by atoms with Crippen molar-refractivity contribution in [3.8, 4) is 0 Å². The van der Waals surface area contributed by atoms with Gasteiger partial charge in [-0.15, -0.1) is 6.58 Å². The van der Waals surface area contributed by atoms with Gasteiger partial charge in [0.15, 0.2) is 17.4 Å². The van der Waals surface area contributed by atoms with Crippen LogP contribution in [0.1, 0.15) is 26.0 Å². The van der Waals surface area contributed by atoms with Gasteiger partial charge in [-0.3, -0.25) is 19.2 Å². The Kier molecular flexibility index (Phi) is 5.78. The summed E-state index contributed by atoms with van der Waals surface area (Å²) in [7, 11) is 0. The molecule has 2 aromatic rings. The molecule has 0 unspecified atom stereocenters. The molecule has 1 aliphatic heterocycles. The minimum Gasteiger partial charge on any atom is -0.394 e. The van der Waals surface area contributed by atoms with Gasteiger partial charge in [-0.05, 0) is 13.0 Å². The number of ether oxygens (including phenoxy) is 1. The van der Waals surface area contributed by atoms with Gasteiger partial charge in [0, 0.05) is 19.6 Å². The first kappa shape index (κ1) is 19.3. The molecule has 148 valence electrons. The Morgan fingerprint density at radius 3 is 2.89 bits per heavy atom. The van der Waals surface area contributed by atoms with E-state index in [1.54, 1.807) is 0 Å². The smallest absolute Gasteiger partial charge is 0.332 e. The number of aliphatic hydroxyl groups is 1. The van der Waals surface area contributed by atoms with Gasteiger partial charge in [0.1, 0.15) is 0 Å². The quantitative estimate of drug-likeness (QED) is 0.561.